The van der Waals surface area contributed by atoms with Crippen LogP contribution >= 0.6 is 11.6 Å². The van der Waals surface area contributed by atoms with E-state index in [4.69, 9.17) is 16.3 Å². The molecule has 5 nitrogen and oxygen atoms in total. The Kier molecular flexibility index (Phi) is 5.09. The van der Waals surface area contributed by atoms with E-state index >= 15 is 0 Å². The summed E-state index contributed by atoms with van der Waals surface area (Å²) in [5.74, 6) is -1.41. The Hall–Kier alpha value is -2.66. The fourth-order valence-corrected chi connectivity index (χ4v) is 2.89. The summed E-state index contributed by atoms with van der Waals surface area (Å²) in [7, 11) is 0. The van der Waals surface area contributed by atoms with Gasteiger partial charge in [-0.1, -0.05) is 31.0 Å². The molecule has 2 amide bonds. The normalized spacial score (nSPS) is 13.1. The van der Waals surface area contributed by atoms with Gasteiger partial charge in [-0.3, -0.25) is 9.59 Å². The molecule has 1 aliphatic heterocycles. The molecule has 0 N–H and O–H groups in total. The van der Waals surface area contributed by atoms with Crippen LogP contribution in [0.2, 0.25) is 5.02 Å². The lowest BCUT2D eigenvalue weighted by Crippen LogP contribution is -2.29. The van der Waals surface area contributed by atoms with Gasteiger partial charge < -0.3 is 4.74 Å². The minimum absolute atomic E-state index is 0.191. The van der Waals surface area contributed by atoms with E-state index in [1.54, 1.807) is 18.2 Å². The average molecular weight is 372 g/mol. The van der Waals surface area contributed by atoms with Gasteiger partial charge in [0.15, 0.2) is 0 Å². The molecule has 0 spiro atoms. The summed E-state index contributed by atoms with van der Waals surface area (Å²) in [5, 5.41) is 0.472. The lowest BCUT2D eigenvalue weighted by Gasteiger charge is -2.14. The summed E-state index contributed by atoms with van der Waals surface area (Å²) in [4.78, 5) is 38.6. The maximum atomic E-state index is 12.7. The van der Waals surface area contributed by atoms with E-state index in [2.05, 4.69) is 0 Å². The molecule has 2 aromatic rings. The van der Waals surface area contributed by atoms with Gasteiger partial charge in [0.1, 0.15) is 0 Å². The third-order valence-corrected chi connectivity index (χ3v) is 4.67. The van der Waals surface area contributed by atoms with Gasteiger partial charge in [-0.15, -0.1) is 0 Å². The highest BCUT2D eigenvalue weighted by Gasteiger charge is 2.37. The van der Waals surface area contributed by atoms with Crippen LogP contribution in [-0.4, -0.2) is 24.4 Å². The number of anilines is 1. The lowest BCUT2D eigenvalue weighted by molar-refractivity contribution is 0.0499. The van der Waals surface area contributed by atoms with E-state index in [1.165, 1.54) is 18.2 Å². The number of hydrogen-bond acceptors (Lipinski definition) is 4. The van der Waals surface area contributed by atoms with Crippen LogP contribution in [0.25, 0.3) is 0 Å². The van der Waals surface area contributed by atoms with E-state index < -0.39 is 17.8 Å². The first-order valence-electron chi connectivity index (χ1n) is 8.40. The van der Waals surface area contributed by atoms with Crippen LogP contribution in [0, 0.1) is 6.92 Å². The van der Waals surface area contributed by atoms with Gasteiger partial charge in [-0.2, -0.15) is 0 Å². The molecule has 3 rings (SSSR count). The van der Waals surface area contributed by atoms with E-state index in [1.807, 2.05) is 13.8 Å². The van der Waals surface area contributed by atoms with Crippen LogP contribution in [0.3, 0.4) is 0 Å². The summed E-state index contributed by atoms with van der Waals surface area (Å²) in [6.07, 6.45) is 1.69. The van der Waals surface area contributed by atoms with Crippen molar-refractivity contribution in [1.29, 1.82) is 0 Å². The van der Waals surface area contributed by atoms with Gasteiger partial charge in [-0.25, -0.2) is 9.69 Å². The van der Waals surface area contributed by atoms with Crippen LogP contribution < -0.4 is 4.90 Å². The zero-order valence-electron chi connectivity index (χ0n) is 14.5. The van der Waals surface area contributed by atoms with Crippen LogP contribution in [0.1, 0.15) is 56.4 Å². The third-order valence-electron chi connectivity index (χ3n) is 4.27. The molecule has 0 aliphatic carbocycles. The number of nitrogens with zero attached hydrogens (tertiary/aromatic N) is 1. The SMILES string of the molecule is CCCCOC(=O)c1ccc2c(c1)C(=O)N(c1ccc(C)c(Cl)c1)C2=O. The minimum Gasteiger partial charge on any atom is -0.462 e. The molecule has 0 radical (unpaired) electrons. The number of fused-ring (bicyclic) bond motifs is 1. The fourth-order valence-electron chi connectivity index (χ4n) is 2.72. The summed E-state index contributed by atoms with van der Waals surface area (Å²) >= 11 is 6.12. The molecule has 1 aliphatic rings. The molecule has 2 aromatic carbocycles. The molecule has 134 valence electrons. The maximum absolute atomic E-state index is 12.7. The topological polar surface area (TPSA) is 63.7 Å². The molecular weight excluding hydrogens is 354 g/mol. The molecule has 0 bridgehead atoms. The number of ether oxygens (including phenoxy) is 1. The number of halogens is 1. The number of carbonyl (C=O) groups is 3. The molecule has 0 atom stereocenters. The standard InChI is InChI=1S/C20H18ClNO4/c1-3-4-9-26-20(25)13-6-8-15-16(10-13)19(24)22(18(15)23)14-7-5-12(2)17(21)11-14/h5-8,10-11H,3-4,9H2,1-2H3. The smallest absolute Gasteiger partial charge is 0.338 e. The molecule has 0 unspecified atom stereocenters. The Balaban J connectivity index is 1.90. The molecule has 6 heteroatoms. The number of hydrogen-bond donors (Lipinski definition) is 0. The second-order valence-corrected chi connectivity index (χ2v) is 6.54. The fraction of sp³-hybridized carbons (Fsp3) is 0.250. The van der Waals surface area contributed by atoms with E-state index in [-0.39, 0.29) is 16.7 Å². The van der Waals surface area contributed by atoms with Gasteiger partial charge in [0.05, 0.1) is 29.0 Å². The van der Waals surface area contributed by atoms with Crippen molar-refractivity contribution in [3.63, 3.8) is 0 Å². The molecular formula is C20H18ClNO4. The van der Waals surface area contributed by atoms with Crippen LogP contribution in [0.15, 0.2) is 36.4 Å². The first kappa shape index (κ1) is 18.1. The summed E-state index contributed by atoms with van der Waals surface area (Å²) in [6.45, 7) is 4.16. The zero-order chi connectivity index (χ0) is 18.8. The number of carbonyl (C=O) groups excluding carboxylic acids is 3. The quantitative estimate of drug-likeness (QED) is 0.443. The molecule has 1 heterocycles. The Bertz CT molecular complexity index is 907. The predicted molar refractivity (Wildman–Crippen MR) is 99.0 cm³/mol. The number of unbranched alkanes of at least 4 members (excludes halogenated alkanes) is 1. The van der Waals surface area contributed by atoms with Crippen molar-refractivity contribution in [3.8, 4) is 0 Å². The molecule has 0 saturated carbocycles. The Morgan fingerprint density at radius 2 is 1.81 bits per heavy atom. The van der Waals surface area contributed by atoms with Crippen molar-refractivity contribution in [2.75, 3.05) is 11.5 Å². The molecule has 0 fully saturated rings. The average Bonchev–Trinajstić information content (AvgIpc) is 2.88. The predicted octanol–water partition coefficient (Wildman–Crippen LogP) is 4.41. The lowest BCUT2D eigenvalue weighted by atomic mass is 10.1. The first-order valence-corrected chi connectivity index (χ1v) is 8.78. The number of aryl methyl sites for hydroxylation is 1. The van der Waals surface area contributed by atoms with E-state index in [9.17, 15) is 14.4 Å². The van der Waals surface area contributed by atoms with Crippen molar-refractivity contribution in [1.82, 2.24) is 0 Å². The third kappa shape index (κ3) is 3.22. The minimum atomic E-state index is -0.502. The Labute approximate surface area is 156 Å². The van der Waals surface area contributed by atoms with Gasteiger partial charge in [0.2, 0.25) is 0 Å². The zero-order valence-corrected chi connectivity index (χ0v) is 15.3. The number of esters is 1. The number of imide groups is 1. The molecule has 0 saturated heterocycles. The van der Waals surface area contributed by atoms with Crippen LogP contribution in [0.4, 0.5) is 5.69 Å². The second-order valence-electron chi connectivity index (χ2n) is 6.13. The molecule has 26 heavy (non-hydrogen) atoms. The van der Waals surface area contributed by atoms with Crippen molar-refractivity contribution in [3.05, 3.63) is 63.7 Å². The maximum Gasteiger partial charge on any atom is 0.338 e. The monoisotopic (exact) mass is 371 g/mol. The van der Waals surface area contributed by atoms with Gasteiger partial charge >= 0.3 is 5.97 Å². The summed E-state index contributed by atoms with van der Waals surface area (Å²) in [6, 6.07) is 9.41. The Morgan fingerprint density at radius 1 is 1.08 bits per heavy atom. The van der Waals surface area contributed by atoms with E-state index in [0.29, 0.717) is 17.3 Å². The first-order chi connectivity index (χ1) is 12.4. The van der Waals surface area contributed by atoms with Crippen molar-refractivity contribution < 1.29 is 19.1 Å². The highest BCUT2D eigenvalue weighted by molar-refractivity contribution is 6.36. The van der Waals surface area contributed by atoms with Crippen molar-refractivity contribution in [2.24, 2.45) is 0 Å². The largest absolute Gasteiger partial charge is 0.462 e. The number of rotatable bonds is 5. The Morgan fingerprint density at radius 3 is 2.50 bits per heavy atom. The number of benzene rings is 2. The highest BCUT2D eigenvalue weighted by Crippen LogP contribution is 2.31. The summed E-state index contributed by atoms with van der Waals surface area (Å²) in [5.41, 5.74) is 1.96. The highest BCUT2D eigenvalue weighted by atomic mass is 35.5. The van der Waals surface area contributed by atoms with Gasteiger partial charge in [0.25, 0.3) is 11.8 Å². The summed E-state index contributed by atoms with van der Waals surface area (Å²) < 4.78 is 5.16. The van der Waals surface area contributed by atoms with Gasteiger partial charge in [0, 0.05) is 5.02 Å². The van der Waals surface area contributed by atoms with Crippen LogP contribution in [-0.2, 0) is 4.74 Å². The number of amides is 2. The van der Waals surface area contributed by atoms with Crippen molar-refractivity contribution in [2.45, 2.75) is 26.7 Å². The van der Waals surface area contributed by atoms with Crippen molar-refractivity contribution >= 4 is 35.1 Å². The molecule has 0 aromatic heterocycles. The van der Waals surface area contributed by atoms with Gasteiger partial charge in [-0.05, 0) is 49.2 Å². The van der Waals surface area contributed by atoms with E-state index in [0.717, 1.165) is 23.3 Å². The second kappa shape index (κ2) is 7.30. The van der Waals surface area contributed by atoms with Crippen LogP contribution in [0.5, 0.6) is 0 Å².